The first-order valence-electron chi connectivity index (χ1n) is 9.28. The molecule has 1 atom stereocenters. The molecular formula is C22H25NO4. The predicted octanol–water partition coefficient (Wildman–Crippen LogP) is 3.64. The summed E-state index contributed by atoms with van der Waals surface area (Å²) in [7, 11) is 1.53. The highest BCUT2D eigenvalue weighted by atomic mass is 16.5. The van der Waals surface area contributed by atoms with Gasteiger partial charge < -0.3 is 14.8 Å². The number of aldehydes is 1. The van der Waals surface area contributed by atoms with Gasteiger partial charge in [0.05, 0.1) is 18.7 Å². The van der Waals surface area contributed by atoms with Crippen molar-refractivity contribution in [3.63, 3.8) is 0 Å². The Morgan fingerprint density at radius 3 is 2.67 bits per heavy atom. The van der Waals surface area contributed by atoms with Gasteiger partial charge in [0.25, 0.3) is 5.91 Å². The number of methoxy groups -OCH3 is 1. The number of hydrogen-bond acceptors (Lipinski definition) is 4. The van der Waals surface area contributed by atoms with Gasteiger partial charge in [-0.25, -0.2) is 0 Å². The van der Waals surface area contributed by atoms with Crippen LogP contribution in [0.15, 0.2) is 36.4 Å². The van der Waals surface area contributed by atoms with Crippen molar-refractivity contribution >= 4 is 12.2 Å². The summed E-state index contributed by atoms with van der Waals surface area (Å²) in [5.41, 5.74) is 4.27. The van der Waals surface area contributed by atoms with Crippen LogP contribution in [0.2, 0.25) is 0 Å². The van der Waals surface area contributed by atoms with Gasteiger partial charge in [-0.1, -0.05) is 18.2 Å². The Bertz CT molecular complexity index is 831. The predicted molar refractivity (Wildman–Crippen MR) is 104 cm³/mol. The molecule has 142 valence electrons. The highest BCUT2D eigenvalue weighted by Gasteiger charge is 2.15. The van der Waals surface area contributed by atoms with E-state index in [9.17, 15) is 9.59 Å². The van der Waals surface area contributed by atoms with Crippen molar-refractivity contribution in [2.24, 2.45) is 0 Å². The third-order valence-electron chi connectivity index (χ3n) is 4.95. The summed E-state index contributed by atoms with van der Waals surface area (Å²) in [6, 6.07) is 11.3. The Morgan fingerprint density at radius 2 is 1.93 bits per heavy atom. The van der Waals surface area contributed by atoms with Gasteiger partial charge in [0.2, 0.25) is 0 Å². The van der Waals surface area contributed by atoms with E-state index in [1.54, 1.807) is 18.2 Å². The Labute approximate surface area is 159 Å². The van der Waals surface area contributed by atoms with Crippen LogP contribution in [0.4, 0.5) is 0 Å². The van der Waals surface area contributed by atoms with E-state index < -0.39 is 0 Å². The largest absolute Gasteiger partial charge is 0.497 e. The lowest BCUT2D eigenvalue weighted by Gasteiger charge is -2.20. The zero-order valence-electron chi connectivity index (χ0n) is 15.8. The number of hydrogen-bond donors (Lipinski definition) is 1. The molecule has 1 amide bonds. The summed E-state index contributed by atoms with van der Waals surface area (Å²) in [5, 5.41) is 2.96. The minimum Gasteiger partial charge on any atom is -0.497 e. The molecule has 0 saturated carbocycles. The molecule has 5 heteroatoms. The van der Waals surface area contributed by atoms with E-state index in [2.05, 4.69) is 23.5 Å². The fraction of sp³-hybridized carbons (Fsp3) is 0.364. The number of aryl methyl sites for hydroxylation is 2. The normalized spacial score (nSPS) is 14.0. The molecular weight excluding hydrogens is 342 g/mol. The summed E-state index contributed by atoms with van der Waals surface area (Å²) < 4.78 is 10.6. The number of carbonyl (C=O) groups excluding carboxylic acids is 2. The minimum absolute atomic E-state index is 0.102. The number of carbonyl (C=O) groups is 2. The van der Waals surface area contributed by atoms with Gasteiger partial charge in [-0.05, 0) is 67.5 Å². The first kappa shape index (κ1) is 19.0. The Hall–Kier alpha value is -2.82. The van der Waals surface area contributed by atoms with Crippen LogP contribution in [0.5, 0.6) is 11.5 Å². The van der Waals surface area contributed by atoms with Crippen molar-refractivity contribution < 1.29 is 19.1 Å². The lowest BCUT2D eigenvalue weighted by molar-refractivity contribution is -0.123. The second kappa shape index (κ2) is 8.71. The molecule has 0 fully saturated rings. The van der Waals surface area contributed by atoms with Crippen LogP contribution in [0.25, 0.3) is 0 Å². The maximum absolute atomic E-state index is 12.3. The topological polar surface area (TPSA) is 64.6 Å². The highest BCUT2D eigenvalue weighted by Crippen LogP contribution is 2.25. The fourth-order valence-corrected chi connectivity index (χ4v) is 3.41. The van der Waals surface area contributed by atoms with E-state index in [0.29, 0.717) is 23.3 Å². The molecule has 0 radical (unpaired) electrons. The van der Waals surface area contributed by atoms with Gasteiger partial charge in [-0.15, -0.1) is 0 Å². The Balaban J connectivity index is 1.58. The third-order valence-corrected chi connectivity index (χ3v) is 4.95. The molecule has 0 unspecified atom stereocenters. The van der Waals surface area contributed by atoms with E-state index in [-0.39, 0.29) is 18.6 Å². The molecule has 1 aliphatic carbocycles. The molecule has 0 spiro atoms. The molecule has 27 heavy (non-hydrogen) atoms. The molecule has 0 aliphatic heterocycles. The smallest absolute Gasteiger partial charge is 0.258 e. The second-order valence-electron chi connectivity index (χ2n) is 6.83. The number of fused-ring (bicyclic) bond motifs is 1. The van der Waals surface area contributed by atoms with Gasteiger partial charge in [0.15, 0.2) is 12.9 Å². The molecule has 0 aromatic heterocycles. The molecule has 1 N–H and O–H groups in total. The highest BCUT2D eigenvalue weighted by molar-refractivity contribution is 5.81. The monoisotopic (exact) mass is 367 g/mol. The summed E-state index contributed by atoms with van der Waals surface area (Å²) in [4.78, 5) is 23.4. The number of rotatable bonds is 7. The van der Waals surface area contributed by atoms with Crippen molar-refractivity contribution in [3.05, 3.63) is 58.7 Å². The first-order chi connectivity index (χ1) is 13.1. The average Bonchev–Trinajstić information content (AvgIpc) is 2.71. The lowest BCUT2D eigenvalue weighted by atomic mass is 9.89. The van der Waals surface area contributed by atoms with Crippen molar-refractivity contribution in [1.82, 2.24) is 5.32 Å². The maximum atomic E-state index is 12.3. The summed E-state index contributed by atoms with van der Waals surface area (Å²) in [5.74, 6) is 0.699. The Morgan fingerprint density at radius 1 is 1.15 bits per heavy atom. The molecule has 5 nitrogen and oxygen atoms in total. The van der Waals surface area contributed by atoms with Crippen molar-refractivity contribution in [3.8, 4) is 11.5 Å². The number of benzene rings is 2. The average molecular weight is 367 g/mol. The van der Waals surface area contributed by atoms with Gasteiger partial charge in [0.1, 0.15) is 11.5 Å². The van der Waals surface area contributed by atoms with Crippen molar-refractivity contribution in [1.29, 1.82) is 0 Å². The van der Waals surface area contributed by atoms with Gasteiger partial charge in [0, 0.05) is 0 Å². The molecule has 2 aromatic rings. The number of amides is 1. The molecule has 0 heterocycles. The standard InChI is InChI=1S/C22H25NO4/c1-15(17-8-7-16-5-3-4-6-18(16)11-17)23-22(25)14-27-21-10-9-20(26-2)12-19(21)13-24/h7-13,15H,3-6,14H2,1-2H3,(H,23,25)/t15-/m0/s1. The van der Waals surface area contributed by atoms with Gasteiger partial charge in [-0.3, -0.25) is 9.59 Å². The van der Waals surface area contributed by atoms with E-state index in [1.165, 1.54) is 31.1 Å². The van der Waals surface area contributed by atoms with E-state index in [4.69, 9.17) is 9.47 Å². The fourth-order valence-electron chi connectivity index (χ4n) is 3.41. The molecule has 0 bridgehead atoms. The van der Waals surface area contributed by atoms with Crippen LogP contribution < -0.4 is 14.8 Å². The first-order valence-corrected chi connectivity index (χ1v) is 9.28. The van der Waals surface area contributed by atoms with E-state index in [1.807, 2.05) is 6.92 Å². The Kier molecular flexibility index (Phi) is 6.12. The van der Waals surface area contributed by atoms with Gasteiger partial charge in [-0.2, -0.15) is 0 Å². The lowest BCUT2D eigenvalue weighted by Crippen LogP contribution is -2.31. The minimum atomic E-state index is -0.229. The zero-order valence-corrected chi connectivity index (χ0v) is 15.8. The number of nitrogens with one attached hydrogen (secondary N) is 1. The van der Waals surface area contributed by atoms with Crippen LogP contribution in [-0.2, 0) is 17.6 Å². The SMILES string of the molecule is COc1ccc(OCC(=O)N[C@@H](C)c2ccc3c(c2)CCCC3)c(C=O)c1. The molecule has 1 aliphatic rings. The van der Waals surface area contributed by atoms with E-state index in [0.717, 1.165) is 18.4 Å². The molecule has 0 saturated heterocycles. The zero-order chi connectivity index (χ0) is 19.2. The van der Waals surface area contributed by atoms with Crippen LogP contribution in [-0.4, -0.2) is 25.9 Å². The van der Waals surface area contributed by atoms with Crippen LogP contribution in [0, 0.1) is 0 Å². The van der Waals surface area contributed by atoms with E-state index >= 15 is 0 Å². The summed E-state index contributed by atoms with van der Waals surface area (Å²) in [6.07, 6.45) is 5.42. The number of ether oxygens (including phenoxy) is 2. The van der Waals surface area contributed by atoms with Crippen molar-refractivity contribution in [2.45, 2.75) is 38.6 Å². The second-order valence-corrected chi connectivity index (χ2v) is 6.83. The molecule has 2 aromatic carbocycles. The quantitative estimate of drug-likeness (QED) is 0.759. The third kappa shape index (κ3) is 4.67. The van der Waals surface area contributed by atoms with Crippen LogP contribution >= 0.6 is 0 Å². The summed E-state index contributed by atoms with van der Waals surface area (Å²) >= 11 is 0. The van der Waals surface area contributed by atoms with Crippen molar-refractivity contribution in [2.75, 3.05) is 13.7 Å². The maximum Gasteiger partial charge on any atom is 0.258 e. The van der Waals surface area contributed by atoms with Crippen LogP contribution in [0.3, 0.4) is 0 Å². The van der Waals surface area contributed by atoms with Gasteiger partial charge >= 0.3 is 0 Å². The molecule has 3 rings (SSSR count). The van der Waals surface area contributed by atoms with Crippen LogP contribution in [0.1, 0.15) is 52.9 Å². The summed E-state index contributed by atoms with van der Waals surface area (Å²) in [6.45, 7) is 1.81.